The molecular formula is C56H43N3Si. The quantitative estimate of drug-likeness (QED) is 0.148. The van der Waals surface area contributed by atoms with Gasteiger partial charge in [0.05, 0.1) is 41.5 Å². The fourth-order valence-corrected chi connectivity index (χ4v) is 10.1. The van der Waals surface area contributed by atoms with Gasteiger partial charge in [-0.15, -0.1) is 0 Å². The van der Waals surface area contributed by atoms with Gasteiger partial charge in [-0.05, 0) is 89.0 Å². The van der Waals surface area contributed by atoms with Gasteiger partial charge >= 0.3 is 0 Å². The van der Waals surface area contributed by atoms with E-state index in [1.165, 1.54) is 65.6 Å². The third kappa shape index (κ3) is 6.16. The normalized spacial score (nSPS) is 11.9. The van der Waals surface area contributed by atoms with Crippen LogP contribution in [0.4, 0.5) is 0 Å². The van der Waals surface area contributed by atoms with Crippen molar-refractivity contribution in [3.05, 3.63) is 206 Å². The second-order valence-corrected chi connectivity index (χ2v) is 21.9. The zero-order chi connectivity index (χ0) is 40.4. The van der Waals surface area contributed by atoms with E-state index < -0.39 is 8.07 Å². The van der Waals surface area contributed by atoms with E-state index in [4.69, 9.17) is 4.98 Å². The van der Waals surface area contributed by atoms with Crippen molar-refractivity contribution in [2.45, 2.75) is 19.6 Å². The van der Waals surface area contributed by atoms with Gasteiger partial charge in [0.15, 0.2) is 0 Å². The summed E-state index contributed by atoms with van der Waals surface area (Å²) < 4.78 is 4.84. The summed E-state index contributed by atoms with van der Waals surface area (Å²) in [7, 11) is -1.41. The van der Waals surface area contributed by atoms with Crippen LogP contribution in [0.2, 0.25) is 19.6 Å². The number of pyridine rings is 1. The molecular weight excluding hydrogens is 743 g/mol. The van der Waals surface area contributed by atoms with Crippen molar-refractivity contribution in [2.75, 3.05) is 0 Å². The number of hydrogen-bond acceptors (Lipinski definition) is 1. The summed E-state index contributed by atoms with van der Waals surface area (Å²) in [5, 5.41) is 6.49. The lowest BCUT2D eigenvalue weighted by Crippen LogP contribution is -2.37. The number of fused-ring (bicyclic) bond motifs is 6. The first-order valence-corrected chi connectivity index (χ1v) is 24.3. The van der Waals surface area contributed by atoms with Crippen molar-refractivity contribution >= 4 is 56.9 Å². The van der Waals surface area contributed by atoms with Crippen molar-refractivity contribution < 1.29 is 0 Å². The second-order valence-electron chi connectivity index (χ2n) is 16.9. The Morgan fingerprint density at radius 2 is 0.767 bits per heavy atom. The van der Waals surface area contributed by atoms with Crippen molar-refractivity contribution in [3.8, 4) is 56.1 Å². The molecule has 0 bridgehead atoms. The number of nitrogens with zero attached hydrogens (tertiary/aromatic N) is 3. The lowest BCUT2D eigenvalue weighted by atomic mass is 9.99. The van der Waals surface area contributed by atoms with Crippen molar-refractivity contribution in [1.29, 1.82) is 0 Å². The second kappa shape index (κ2) is 14.2. The molecule has 3 heterocycles. The Bertz CT molecular complexity index is 3310. The highest BCUT2D eigenvalue weighted by Gasteiger charge is 2.19. The molecule has 3 nitrogen and oxygen atoms in total. The van der Waals surface area contributed by atoms with Gasteiger partial charge in [0, 0.05) is 44.0 Å². The van der Waals surface area contributed by atoms with Gasteiger partial charge in [0.2, 0.25) is 0 Å². The molecule has 11 rings (SSSR count). The van der Waals surface area contributed by atoms with Gasteiger partial charge in [0.25, 0.3) is 0 Å². The number of hydrogen-bond donors (Lipinski definition) is 0. The van der Waals surface area contributed by atoms with E-state index >= 15 is 0 Å². The summed E-state index contributed by atoms with van der Waals surface area (Å²) in [5.41, 5.74) is 16.0. The van der Waals surface area contributed by atoms with Crippen molar-refractivity contribution in [3.63, 3.8) is 0 Å². The molecule has 8 aromatic carbocycles. The van der Waals surface area contributed by atoms with E-state index in [1.54, 1.807) is 0 Å². The van der Waals surface area contributed by atoms with Crippen LogP contribution in [0.15, 0.2) is 206 Å². The van der Waals surface area contributed by atoms with Crippen LogP contribution < -0.4 is 5.19 Å². The van der Waals surface area contributed by atoms with Gasteiger partial charge in [-0.2, -0.15) is 0 Å². The molecule has 4 heteroatoms. The average Bonchev–Trinajstić information content (AvgIpc) is 3.81. The Balaban J connectivity index is 1.02. The van der Waals surface area contributed by atoms with Crippen molar-refractivity contribution in [1.82, 2.24) is 14.1 Å². The summed E-state index contributed by atoms with van der Waals surface area (Å²) in [6, 6.07) is 75.1. The maximum atomic E-state index is 5.11. The average molecular weight is 786 g/mol. The molecule has 0 N–H and O–H groups in total. The van der Waals surface area contributed by atoms with Crippen molar-refractivity contribution in [2.24, 2.45) is 0 Å². The lowest BCUT2D eigenvalue weighted by molar-refractivity contribution is 1.18. The molecule has 0 saturated heterocycles. The summed E-state index contributed by atoms with van der Waals surface area (Å²) in [6.45, 7) is 7.22. The number of benzene rings is 8. The molecule has 0 aliphatic rings. The molecule has 0 radical (unpaired) electrons. The minimum atomic E-state index is -1.41. The Morgan fingerprint density at radius 1 is 0.317 bits per heavy atom. The van der Waals surface area contributed by atoms with Crippen LogP contribution in [-0.2, 0) is 0 Å². The van der Waals surface area contributed by atoms with Crippen LogP contribution in [0, 0.1) is 0 Å². The lowest BCUT2D eigenvalue weighted by Gasteiger charge is -2.17. The summed E-state index contributed by atoms with van der Waals surface area (Å²) in [4.78, 5) is 5.11. The van der Waals surface area contributed by atoms with Gasteiger partial charge in [-0.25, -0.2) is 4.98 Å². The smallest absolute Gasteiger partial charge is 0.0775 e. The Hall–Kier alpha value is -7.27. The maximum absolute atomic E-state index is 5.11. The van der Waals surface area contributed by atoms with E-state index in [0.29, 0.717) is 0 Å². The predicted octanol–water partition coefficient (Wildman–Crippen LogP) is 14.5. The molecule has 0 spiro atoms. The highest BCUT2D eigenvalue weighted by Crippen LogP contribution is 2.39. The maximum Gasteiger partial charge on any atom is 0.0775 e. The highest BCUT2D eigenvalue weighted by molar-refractivity contribution is 6.88. The molecule has 0 amide bonds. The fourth-order valence-electron chi connectivity index (χ4n) is 8.98. The molecule has 0 unspecified atom stereocenters. The first kappa shape index (κ1) is 35.9. The van der Waals surface area contributed by atoms with E-state index in [2.05, 4.69) is 235 Å². The monoisotopic (exact) mass is 785 g/mol. The van der Waals surface area contributed by atoms with E-state index in [9.17, 15) is 0 Å². The third-order valence-electron chi connectivity index (χ3n) is 12.1. The van der Waals surface area contributed by atoms with E-state index in [1.807, 2.05) is 0 Å². The molecule has 0 aliphatic heterocycles. The van der Waals surface area contributed by atoms with Gasteiger partial charge in [-0.1, -0.05) is 164 Å². The molecule has 0 saturated carbocycles. The summed E-state index contributed by atoms with van der Waals surface area (Å²) in [5.74, 6) is 0. The Kier molecular flexibility index (Phi) is 8.50. The van der Waals surface area contributed by atoms with Crippen LogP contribution in [-0.4, -0.2) is 22.2 Å². The largest absolute Gasteiger partial charge is 0.309 e. The number of aromatic nitrogens is 3. The number of para-hydroxylation sites is 2. The van der Waals surface area contributed by atoms with Crippen LogP contribution in [0.3, 0.4) is 0 Å². The van der Waals surface area contributed by atoms with Gasteiger partial charge in [-0.3, -0.25) is 0 Å². The standard InChI is InChI=1S/C56H43N3Si/c1-60(2,3)46-30-28-45(29-31-46)58-54-21-13-11-19-48(54)50-34-41(25-33-55(50)58)42-24-32-49-47-18-10-12-20-53(47)59(56(49)37-42)44-26-22-38(23-27-44)43-35-51(39-14-6-4-7-15-39)57-52(36-43)40-16-8-5-9-17-40/h4-37H,1-3H3. The molecule has 286 valence electrons. The summed E-state index contributed by atoms with van der Waals surface area (Å²) >= 11 is 0. The molecule has 3 aromatic heterocycles. The molecule has 0 fully saturated rings. The van der Waals surface area contributed by atoms with Gasteiger partial charge < -0.3 is 9.13 Å². The van der Waals surface area contributed by atoms with Crippen LogP contribution in [0.1, 0.15) is 0 Å². The molecule has 0 atom stereocenters. The first-order valence-electron chi connectivity index (χ1n) is 20.8. The Labute approximate surface area is 351 Å². The van der Waals surface area contributed by atoms with Crippen LogP contribution in [0.25, 0.3) is 99.8 Å². The first-order chi connectivity index (χ1) is 29.4. The minimum absolute atomic E-state index is 0.963. The summed E-state index contributed by atoms with van der Waals surface area (Å²) in [6.07, 6.45) is 0. The molecule has 0 aliphatic carbocycles. The zero-order valence-electron chi connectivity index (χ0n) is 34.0. The Morgan fingerprint density at radius 3 is 1.37 bits per heavy atom. The highest BCUT2D eigenvalue weighted by atomic mass is 28.3. The van der Waals surface area contributed by atoms with Crippen LogP contribution in [0.5, 0.6) is 0 Å². The number of rotatable bonds is 7. The third-order valence-corrected chi connectivity index (χ3v) is 14.2. The van der Waals surface area contributed by atoms with E-state index in [-0.39, 0.29) is 0 Å². The topological polar surface area (TPSA) is 22.8 Å². The van der Waals surface area contributed by atoms with Gasteiger partial charge in [0.1, 0.15) is 0 Å². The SMILES string of the molecule is C[Si](C)(C)c1ccc(-n2c3ccccc3c3cc(-c4ccc5c6ccccc6n(-c6ccc(-c7cc(-c8ccccc8)nc(-c8ccccc8)c7)cc6)c5c4)ccc32)cc1. The predicted molar refractivity (Wildman–Crippen MR) is 258 cm³/mol. The molecule has 11 aromatic rings. The molecule has 60 heavy (non-hydrogen) atoms. The minimum Gasteiger partial charge on any atom is -0.309 e. The fraction of sp³-hybridized carbons (Fsp3) is 0.0536. The van der Waals surface area contributed by atoms with Crippen LogP contribution >= 0.6 is 0 Å². The van der Waals surface area contributed by atoms with E-state index in [0.717, 1.165) is 39.3 Å². The zero-order valence-corrected chi connectivity index (χ0v) is 35.0.